The Labute approximate surface area is 318 Å². The minimum atomic E-state index is 0.670. The molecule has 0 atom stereocenters. The molecule has 0 fully saturated rings. The molecule has 5 heteroatoms. The van der Waals surface area contributed by atoms with Gasteiger partial charge in [-0.1, -0.05) is 164 Å². The van der Waals surface area contributed by atoms with Crippen LogP contribution in [0.4, 0.5) is 0 Å². The Morgan fingerprint density at radius 1 is 0.345 bits per heavy atom. The number of para-hydroxylation sites is 1. The van der Waals surface area contributed by atoms with Crippen LogP contribution in [0.5, 0.6) is 0 Å². The number of nitrogens with zero attached hydrogens (tertiary/aromatic N) is 5. The molecule has 55 heavy (non-hydrogen) atoms. The van der Waals surface area contributed by atoms with Crippen molar-refractivity contribution in [2.45, 2.75) is 6.92 Å². The van der Waals surface area contributed by atoms with Gasteiger partial charge in [0, 0.05) is 49.5 Å². The van der Waals surface area contributed by atoms with Crippen molar-refractivity contribution in [3.05, 3.63) is 188 Å². The Morgan fingerprint density at radius 3 is 1.53 bits per heavy atom. The van der Waals surface area contributed by atoms with Gasteiger partial charge in [0.25, 0.3) is 0 Å². The van der Waals surface area contributed by atoms with E-state index in [-0.39, 0.29) is 0 Å². The van der Waals surface area contributed by atoms with Gasteiger partial charge in [0.1, 0.15) is 0 Å². The Morgan fingerprint density at radius 2 is 0.855 bits per heavy atom. The molecule has 258 valence electrons. The van der Waals surface area contributed by atoms with Crippen LogP contribution in [0.15, 0.2) is 182 Å². The normalized spacial score (nSPS) is 11.4. The molecule has 5 nitrogen and oxygen atoms in total. The summed E-state index contributed by atoms with van der Waals surface area (Å²) in [6.45, 7) is 2.16. The van der Waals surface area contributed by atoms with E-state index in [1.54, 1.807) is 0 Å². The lowest BCUT2D eigenvalue weighted by Crippen LogP contribution is -2.00. The average molecular weight is 704 g/mol. The molecule has 0 amide bonds. The summed E-state index contributed by atoms with van der Waals surface area (Å²) >= 11 is 0. The SMILES string of the molecule is Cc1cc2nc(-c3ccccc3)c(-c3ccccc3)nc2c2c1c(-c1ccccc1-c1cc(-c3ccccc3)nc(-c3ccccc3)n1)nc1ccccc12. The smallest absolute Gasteiger partial charge is 0.160 e. The summed E-state index contributed by atoms with van der Waals surface area (Å²) in [5.74, 6) is 0.670. The molecular formula is C50H33N5. The van der Waals surface area contributed by atoms with Crippen LogP contribution in [0.2, 0.25) is 0 Å². The van der Waals surface area contributed by atoms with Crippen LogP contribution < -0.4 is 0 Å². The third-order valence-electron chi connectivity index (χ3n) is 10.2. The van der Waals surface area contributed by atoms with Crippen LogP contribution in [0.1, 0.15) is 5.56 Å². The fourth-order valence-electron chi connectivity index (χ4n) is 7.61. The van der Waals surface area contributed by atoms with Crippen LogP contribution in [-0.4, -0.2) is 24.9 Å². The minimum Gasteiger partial charge on any atom is -0.247 e. The molecule has 10 aromatic rings. The topological polar surface area (TPSA) is 64.5 Å². The van der Waals surface area contributed by atoms with Crippen molar-refractivity contribution in [1.82, 2.24) is 24.9 Å². The Balaban J connectivity index is 1.28. The van der Waals surface area contributed by atoms with E-state index in [9.17, 15) is 0 Å². The predicted molar refractivity (Wildman–Crippen MR) is 225 cm³/mol. The standard InChI is InChI=1S/C50H33N5/c1-32-30-43-49(55-47(35-22-10-4-11-23-35)46(52-43)34-20-8-3-9-21-34)45-39-28-16-17-29-40(39)51-48(44(32)45)38-27-15-14-26-37(38)42-31-41(33-18-6-2-7-19-33)53-50(54-42)36-24-12-5-13-25-36/h2-31H,1H3. The van der Waals surface area contributed by atoms with E-state index >= 15 is 0 Å². The van der Waals surface area contributed by atoms with E-state index < -0.39 is 0 Å². The van der Waals surface area contributed by atoms with Crippen molar-refractivity contribution in [2.75, 3.05) is 0 Å². The van der Waals surface area contributed by atoms with Gasteiger partial charge >= 0.3 is 0 Å². The lowest BCUT2D eigenvalue weighted by Gasteiger charge is -2.18. The van der Waals surface area contributed by atoms with Gasteiger partial charge in [-0.25, -0.2) is 24.9 Å². The number of fused-ring (bicyclic) bond motifs is 5. The van der Waals surface area contributed by atoms with Gasteiger partial charge in [0.2, 0.25) is 0 Å². The summed E-state index contributed by atoms with van der Waals surface area (Å²) in [6.07, 6.45) is 0. The largest absolute Gasteiger partial charge is 0.247 e. The summed E-state index contributed by atoms with van der Waals surface area (Å²) in [5, 5.41) is 3.11. The van der Waals surface area contributed by atoms with E-state index in [4.69, 9.17) is 24.9 Å². The monoisotopic (exact) mass is 703 g/mol. The molecule has 0 unspecified atom stereocenters. The van der Waals surface area contributed by atoms with E-state index in [0.717, 1.165) is 100 Å². The summed E-state index contributed by atoms with van der Waals surface area (Å²) in [5.41, 5.74) is 13.9. The third kappa shape index (κ3) is 5.79. The minimum absolute atomic E-state index is 0.670. The van der Waals surface area contributed by atoms with Gasteiger partial charge < -0.3 is 0 Å². The fourth-order valence-corrected chi connectivity index (χ4v) is 7.61. The maximum Gasteiger partial charge on any atom is 0.160 e. The molecule has 0 spiro atoms. The lowest BCUT2D eigenvalue weighted by atomic mass is 9.92. The van der Waals surface area contributed by atoms with Crippen molar-refractivity contribution >= 4 is 32.7 Å². The third-order valence-corrected chi connectivity index (χ3v) is 10.2. The lowest BCUT2D eigenvalue weighted by molar-refractivity contribution is 1.18. The van der Waals surface area contributed by atoms with E-state index in [1.807, 2.05) is 66.7 Å². The van der Waals surface area contributed by atoms with Crippen LogP contribution in [0, 0.1) is 6.92 Å². The highest BCUT2D eigenvalue weighted by atomic mass is 14.9. The van der Waals surface area contributed by atoms with Crippen molar-refractivity contribution in [1.29, 1.82) is 0 Å². The average Bonchev–Trinajstić information content (AvgIpc) is 3.26. The van der Waals surface area contributed by atoms with Crippen molar-refractivity contribution in [3.63, 3.8) is 0 Å². The highest BCUT2D eigenvalue weighted by Gasteiger charge is 2.22. The van der Waals surface area contributed by atoms with Crippen LogP contribution >= 0.6 is 0 Å². The second-order valence-electron chi connectivity index (χ2n) is 13.7. The molecule has 7 aromatic carbocycles. The fraction of sp³-hybridized carbons (Fsp3) is 0.0200. The number of pyridine rings is 1. The molecular weight excluding hydrogens is 671 g/mol. The van der Waals surface area contributed by atoms with Crippen LogP contribution in [-0.2, 0) is 0 Å². The number of aromatic nitrogens is 5. The predicted octanol–water partition coefficient (Wildman–Crippen LogP) is 12.4. The summed E-state index contributed by atoms with van der Waals surface area (Å²) in [4.78, 5) is 26.6. The first kappa shape index (κ1) is 32.3. The molecule has 3 aromatic heterocycles. The molecule has 0 aliphatic carbocycles. The molecule has 3 heterocycles. The maximum absolute atomic E-state index is 5.54. The van der Waals surface area contributed by atoms with E-state index in [2.05, 4.69) is 122 Å². The van der Waals surface area contributed by atoms with Gasteiger partial charge in [-0.05, 0) is 30.7 Å². The second kappa shape index (κ2) is 13.6. The van der Waals surface area contributed by atoms with Crippen molar-refractivity contribution in [2.24, 2.45) is 0 Å². The zero-order valence-corrected chi connectivity index (χ0v) is 30.1. The van der Waals surface area contributed by atoms with Crippen molar-refractivity contribution < 1.29 is 0 Å². The highest BCUT2D eigenvalue weighted by molar-refractivity contribution is 6.22. The van der Waals surface area contributed by atoms with Gasteiger partial charge in [-0.15, -0.1) is 0 Å². The van der Waals surface area contributed by atoms with Crippen LogP contribution in [0.25, 0.3) is 100 Å². The van der Waals surface area contributed by atoms with E-state index in [1.165, 1.54) is 0 Å². The highest BCUT2D eigenvalue weighted by Crippen LogP contribution is 2.43. The molecule has 0 radical (unpaired) electrons. The Kier molecular flexibility index (Phi) is 7.96. The molecule has 0 saturated carbocycles. The summed E-state index contributed by atoms with van der Waals surface area (Å²) in [7, 11) is 0. The quantitative estimate of drug-likeness (QED) is 0.161. The summed E-state index contributed by atoms with van der Waals surface area (Å²) < 4.78 is 0. The first-order valence-corrected chi connectivity index (χ1v) is 18.4. The molecule has 10 rings (SSSR count). The molecule has 0 saturated heterocycles. The first-order chi connectivity index (χ1) is 27.2. The van der Waals surface area contributed by atoms with E-state index in [0.29, 0.717) is 5.82 Å². The number of benzene rings is 7. The number of hydrogen-bond acceptors (Lipinski definition) is 5. The molecule has 0 aliphatic rings. The molecule has 0 aliphatic heterocycles. The second-order valence-corrected chi connectivity index (χ2v) is 13.7. The Bertz CT molecular complexity index is 2960. The Hall–Kier alpha value is -7.37. The van der Waals surface area contributed by atoms with Gasteiger partial charge in [-0.3, -0.25) is 0 Å². The number of rotatable bonds is 6. The van der Waals surface area contributed by atoms with Crippen LogP contribution in [0.3, 0.4) is 0 Å². The van der Waals surface area contributed by atoms with Crippen molar-refractivity contribution in [3.8, 4) is 67.7 Å². The zero-order valence-electron chi connectivity index (χ0n) is 30.1. The zero-order chi connectivity index (χ0) is 36.7. The van der Waals surface area contributed by atoms with Gasteiger partial charge in [0.05, 0.1) is 45.0 Å². The molecule has 0 N–H and O–H groups in total. The summed E-state index contributed by atoms with van der Waals surface area (Å²) in [6, 6.07) is 62.2. The number of aryl methyl sites for hydroxylation is 1. The maximum atomic E-state index is 5.54. The first-order valence-electron chi connectivity index (χ1n) is 18.4. The number of hydrogen-bond donors (Lipinski definition) is 0. The van der Waals surface area contributed by atoms with Gasteiger partial charge in [-0.2, -0.15) is 0 Å². The van der Waals surface area contributed by atoms with Gasteiger partial charge in [0.15, 0.2) is 5.82 Å². The molecule has 0 bridgehead atoms.